The summed E-state index contributed by atoms with van der Waals surface area (Å²) >= 11 is 0. The monoisotopic (exact) mass is 256 g/mol. The van der Waals surface area contributed by atoms with Gasteiger partial charge >= 0.3 is 7.12 Å². The molecule has 0 spiro atoms. The Morgan fingerprint density at radius 3 is 2.22 bits per heavy atom. The summed E-state index contributed by atoms with van der Waals surface area (Å²) in [7, 11) is -1.36. The van der Waals surface area contributed by atoms with Crippen LogP contribution in [0.3, 0.4) is 0 Å². The zero-order chi connectivity index (χ0) is 14.1. The molecule has 1 aromatic rings. The summed E-state index contributed by atoms with van der Waals surface area (Å²) in [6.45, 7) is 6.36. The van der Waals surface area contributed by atoms with Gasteiger partial charge in [0.05, 0.1) is 11.2 Å². The zero-order valence-corrected chi connectivity index (χ0v) is 10.9. The Kier molecular flexibility index (Phi) is 4.05. The molecule has 1 aromatic carbocycles. The average molecular weight is 256 g/mol. The minimum atomic E-state index is -1.36. The first-order valence-electron chi connectivity index (χ1n) is 5.61. The first kappa shape index (κ1) is 15.0. The van der Waals surface area contributed by atoms with E-state index in [1.54, 1.807) is 27.7 Å². The van der Waals surface area contributed by atoms with Crippen molar-refractivity contribution in [2.45, 2.75) is 38.9 Å². The molecule has 0 saturated carbocycles. The number of phenolic OH excluding ortho intramolecular Hbond substituents is 1. The normalized spacial score (nSPS) is 12.6. The van der Waals surface area contributed by atoms with E-state index in [2.05, 4.69) is 0 Å². The molecule has 0 fully saturated rings. The molecule has 0 aromatic heterocycles. The minimum absolute atomic E-state index is 0.214. The number of benzene rings is 1. The van der Waals surface area contributed by atoms with Gasteiger partial charge in [0.15, 0.2) is 11.6 Å². The maximum Gasteiger partial charge on any atom is 0.491 e. The minimum Gasteiger partial charge on any atom is -0.505 e. The lowest BCUT2D eigenvalue weighted by molar-refractivity contribution is -0.0982. The van der Waals surface area contributed by atoms with Gasteiger partial charge in [-0.05, 0) is 45.3 Å². The summed E-state index contributed by atoms with van der Waals surface area (Å²) in [4.78, 5) is 0. The maximum absolute atomic E-state index is 12.9. The highest BCUT2D eigenvalue weighted by atomic mass is 19.1. The Bertz CT molecular complexity index is 429. The maximum atomic E-state index is 12.9. The topological polar surface area (TPSA) is 69.9 Å². The molecule has 0 radical (unpaired) electrons. The van der Waals surface area contributed by atoms with Gasteiger partial charge in [-0.3, -0.25) is 0 Å². The lowest BCUT2D eigenvalue weighted by Crippen LogP contribution is -2.53. The molecule has 18 heavy (non-hydrogen) atoms. The second-order valence-electron chi connectivity index (χ2n) is 5.25. The fourth-order valence-corrected chi connectivity index (χ4v) is 1.17. The van der Waals surface area contributed by atoms with Crippen LogP contribution in [0.15, 0.2) is 18.2 Å². The van der Waals surface area contributed by atoms with Crippen LogP contribution >= 0.6 is 0 Å². The first-order chi connectivity index (χ1) is 8.04. The van der Waals surface area contributed by atoms with Crippen molar-refractivity contribution in [3.8, 4) is 5.75 Å². The van der Waals surface area contributed by atoms with Crippen LogP contribution in [0.25, 0.3) is 0 Å². The molecule has 4 nitrogen and oxygen atoms in total. The van der Waals surface area contributed by atoms with E-state index in [4.69, 9.17) is 4.65 Å². The van der Waals surface area contributed by atoms with Gasteiger partial charge in [0.25, 0.3) is 0 Å². The average Bonchev–Trinajstić information content (AvgIpc) is 2.19. The molecule has 0 unspecified atom stereocenters. The van der Waals surface area contributed by atoms with Gasteiger partial charge in [0, 0.05) is 0 Å². The van der Waals surface area contributed by atoms with Crippen molar-refractivity contribution in [1.29, 1.82) is 0 Å². The quantitative estimate of drug-likeness (QED) is 0.696. The van der Waals surface area contributed by atoms with Crippen molar-refractivity contribution in [1.82, 2.24) is 0 Å². The number of rotatable bonds is 4. The van der Waals surface area contributed by atoms with E-state index in [1.165, 1.54) is 6.07 Å². The lowest BCUT2D eigenvalue weighted by Gasteiger charge is -2.38. The summed E-state index contributed by atoms with van der Waals surface area (Å²) < 4.78 is 18.2. The SMILES string of the molecule is CC(C)(O)C(C)(C)OB(O)c1ccc(F)c(O)c1. The van der Waals surface area contributed by atoms with Crippen LogP contribution in [0.2, 0.25) is 0 Å². The summed E-state index contributed by atoms with van der Waals surface area (Å²) in [5, 5.41) is 29.0. The molecule has 0 saturated heterocycles. The lowest BCUT2D eigenvalue weighted by atomic mass is 9.76. The summed E-state index contributed by atoms with van der Waals surface area (Å²) in [6, 6.07) is 3.43. The standard InChI is InChI=1S/C12H18BFO4/c1-11(2,16)12(3,4)18-13(17)8-5-6-9(14)10(15)7-8/h5-7,15-17H,1-4H3. The van der Waals surface area contributed by atoms with E-state index >= 15 is 0 Å². The molecule has 0 bridgehead atoms. The van der Waals surface area contributed by atoms with Crippen LogP contribution < -0.4 is 5.46 Å². The number of aromatic hydroxyl groups is 1. The first-order valence-corrected chi connectivity index (χ1v) is 5.61. The van der Waals surface area contributed by atoms with E-state index in [1.807, 2.05) is 0 Å². The fourth-order valence-electron chi connectivity index (χ4n) is 1.17. The van der Waals surface area contributed by atoms with E-state index in [0.29, 0.717) is 0 Å². The van der Waals surface area contributed by atoms with Crippen molar-refractivity contribution in [3.05, 3.63) is 24.0 Å². The van der Waals surface area contributed by atoms with Gasteiger partial charge < -0.3 is 19.9 Å². The zero-order valence-electron chi connectivity index (χ0n) is 10.9. The molecule has 0 amide bonds. The van der Waals surface area contributed by atoms with Gasteiger partial charge in [0.1, 0.15) is 0 Å². The van der Waals surface area contributed by atoms with Gasteiger partial charge in [-0.25, -0.2) is 4.39 Å². The molecule has 0 aliphatic rings. The third-order valence-corrected chi connectivity index (χ3v) is 3.13. The largest absolute Gasteiger partial charge is 0.505 e. The Hall–Kier alpha value is -1.11. The predicted octanol–water partition coefficient (Wildman–Crippen LogP) is 0.785. The van der Waals surface area contributed by atoms with Crippen molar-refractivity contribution >= 4 is 12.6 Å². The second kappa shape index (κ2) is 4.88. The van der Waals surface area contributed by atoms with Crippen molar-refractivity contribution in [3.63, 3.8) is 0 Å². The summed E-state index contributed by atoms with van der Waals surface area (Å²) in [5.74, 6) is -1.33. The molecule has 0 aliphatic carbocycles. The fraction of sp³-hybridized carbons (Fsp3) is 0.500. The number of hydrogen-bond donors (Lipinski definition) is 3. The van der Waals surface area contributed by atoms with Crippen molar-refractivity contribution in [2.24, 2.45) is 0 Å². The van der Waals surface area contributed by atoms with E-state index in [-0.39, 0.29) is 5.46 Å². The molecule has 3 N–H and O–H groups in total. The van der Waals surface area contributed by atoms with Crippen molar-refractivity contribution < 1.29 is 24.3 Å². The number of hydrogen-bond acceptors (Lipinski definition) is 4. The molecule has 0 atom stereocenters. The Labute approximate surface area is 106 Å². The highest BCUT2D eigenvalue weighted by molar-refractivity contribution is 6.60. The number of aliphatic hydroxyl groups is 1. The van der Waals surface area contributed by atoms with Crippen LogP contribution in [-0.2, 0) is 4.65 Å². The van der Waals surface area contributed by atoms with Crippen LogP contribution in [0.1, 0.15) is 27.7 Å². The molecule has 1 rings (SSSR count). The molecule has 0 heterocycles. The van der Waals surface area contributed by atoms with Crippen LogP contribution in [0.4, 0.5) is 4.39 Å². The summed E-state index contributed by atoms with van der Waals surface area (Å²) in [6.07, 6.45) is 0. The van der Waals surface area contributed by atoms with Gasteiger partial charge in [-0.15, -0.1) is 0 Å². The Morgan fingerprint density at radius 2 is 1.78 bits per heavy atom. The van der Waals surface area contributed by atoms with Gasteiger partial charge in [-0.1, -0.05) is 6.07 Å². The van der Waals surface area contributed by atoms with Crippen molar-refractivity contribution in [2.75, 3.05) is 0 Å². The summed E-state index contributed by atoms with van der Waals surface area (Å²) in [5.41, 5.74) is -1.97. The smallest absolute Gasteiger partial charge is 0.491 e. The Balaban J connectivity index is 2.89. The van der Waals surface area contributed by atoms with Crippen LogP contribution in [0, 0.1) is 5.82 Å². The molecule has 100 valence electrons. The number of phenols is 1. The molecule has 0 aliphatic heterocycles. The van der Waals surface area contributed by atoms with E-state index in [9.17, 15) is 19.6 Å². The Morgan fingerprint density at radius 1 is 1.22 bits per heavy atom. The predicted molar refractivity (Wildman–Crippen MR) is 67.1 cm³/mol. The third-order valence-electron chi connectivity index (χ3n) is 3.13. The highest BCUT2D eigenvalue weighted by Gasteiger charge is 2.39. The molecule has 6 heteroatoms. The van der Waals surface area contributed by atoms with Crippen LogP contribution in [0.5, 0.6) is 5.75 Å². The van der Waals surface area contributed by atoms with Crippen LogP contribution in [-0.4, -0.2) is 33.6 Å². The van der Waals surface area contributed by atoms with Gasteiger partial charge in [-0.2, -0.15) is 0 Å². The van der Waals surface area contributed by atoms with E-state index in [0.717, 1.165) is 12.1 Å². The number of halogens is 1. The molecular weight excluding hydrogens is 238 g/mol. The van der Waals surface area contributed by atoms with E-state index < -0.39 is 29.9 Å². The van der Waals surface area contributed by atoms with Gasteiger partial charge in [0.2, 0.25) is 0 Å². The highest BCUT2D eigenvalue weighted by Crippen LogP contribution is 2.25. The molecular formula is C12H18BFO4. The third kappa shape index (κ3) is 3.22. The second-order valence-corrected chi connectivity index (χ2v) is 5.25.